The number of ether oxygens (including phenoxy) is 1. The maximum atomic E-state index is 11.8. The molecule has 0 saturated heterocycles. The Morgan fingerprint density at radius 3 is 2.88 bits per heavy atom. The lowest BCUT2D eigenvalue weighted by Crippen LogP contribution is -2.29. The van der Waals surface area contributed by atoms with Crippen molar-refractivity contribution in [1.82, 2.24) is 15.3 Å². The molecule has 0 radical (unpaired) electrons. The van der Waals surface area contributed by atoms with Crippen LogP contribution in [0.25, 0.3) is 10.8 Å². The van der Waals surface area contributed by atoms with Crippen LogP contribution in [0.2, 0.25) is 5.15 Å². The summed E-state index contributed by atoms with van der Waals surface area (Å²) in [6, 6.07) is 15.1. The molecule has 0 aliphatic heterocycles. The van der Waals surface area contributed by atoms with Gasteiger partial charge in [-0.15, -0.1) is 0 Å². The summed E-state index contributed by atoms with van der Waals surface area (Å²) in [5.41, 5.74) is 1.49. The zero-order valence-electron chi connectivity index (χ0n) is 13.1. The quantitative estimate of drug-likeness (QED) is 0.726. The number of nitrogens with one attached hydrogen (secondary N) is 1. The summed E-state index contributed by atoms with van der Waals surface area (Å²) < 4.78 is 5.03. The number of carbonyl (C=O) groups is 1. The molecule has 1 N–H and O–H groups in total. The number of carbonyl (C=O) groups excluding carboxylic acids is 1. The first-order valence-electron chi connectivity index (χ1n) is 7.51. The molecular weight excluding hydrogens is 340 g/mol. The third kappa shape index (κ3) is 4.03. The van der Waals surface area contributed by atoms with E-state index in [0.717, 1.165) is 16.3 Å². The van der Waals surface area contributed by atoms with Gasteiger partial charge in [0.2, 0.25) is 5.88 Å². The van der Waals surface area contributed by atoms with Crippen molar-refractivity contribution in [1.29, 1.82) is 5.26 Å². The van der Waals surface area contributed by atoms with E-state index in [1.54, 1.807) is 6.07 Å². The lowest BCUT2D eigenvalue weighted by atomic mass is 9.97. The lowest BCUT2D eigenvalue weighted by Gasteiger charge is -2.10. The Kier molecular flexibility index (Phi) is 5.07. The molecule has 0 aliphatic carbocycles. The van der Waals surface area contributed by atoms with Crippen molar-refractivity contribution < 1.29 is 9.53 Å². The Morgan fingerprint density at radius 1 is 1.24 bits per heavy atom. The molecule has 25 heavy (non-hydrogen) atoms. The van der Waals surface area contributed by atoms with E-state index in [2.05, 4.69) is 21.4 Å². The highest BCUT2D eigenvalue weighted by Crippen LogP contribution is 2.22. The Hall–Kier alpha value is -3.17. The van der Waals surface area contributed by atoms with Crippen molar-refractivity contribution in [2.24, 2.45) is 0 Å². The van der Waals surface area contributed by atoms with E-state index in [1.165, 1.54) is 12.4 Å². The SMILES string of the molecule is N#Cc1ccc2ccccc2c1CCNC(=O)Oc1cc(Cl)ncn1. The molecule has 2 aromatic carbocycles. The summed E-state index contributed by atoms with van der Waals surface area (Å²) in [4.78, 5) is 19.3. The maximum Gasteiger partial charge on any atom is 0.413 e. The van der Waals surface area contributed by atoms with Crippen molar-refractivity contribution in [3.63, 3.8) is 0 Å². The summed E-state index contributed by atoms with van der Waals surface area (Å²) in [6.45, 7) is 0.320. The number of hydrogen-bond acceptors (Lipinski definition) is 5. The molecule has 0 atom stereocenters. The second-order valence-corrected chi connectivity index (χ2v) is 5.56. The monoisotopic (exact) mass is 352 g/mol. The molecule has 0 unspecified atom stereocenters. The first kappa shape index (κ1) is 16.7. The summed E-state index contributed by atoms with van der Waals surface area (Å²) in [5, 5.41) is 14.2. The van der Waals surface area contributed by atoms with E-state index in [4.69, 9.17) is 16.3 Å². The first-order chi connectivity index (χ1) is 12.2. The van der Waals surface area contributed by atoms with Crippen LogP contribution in [0.15, 0.2) is 48.8 Å². The van der Waals surface area contributed by atoms with Crippen LogP contribution in [0.5, 0.6) is 5.88 Å². The Balaban J connectivity index is 1.67. The Bertz CT molecular complexity index is 969. The van der Waals surface area contributed by atoms with Crippen LogP contribution in [-0.4, -0.2) is 22.6 Å². The van der Waals surface area contributed by atoms with Crippen LogP contribution in [0.4, 0.5) is 4.79 Å². The largest absolute Gasteiger partial charge is 0.413 e. The predicted octanol–water partition coefficient (Wildman–Crippen LogP) is 3.49. The molecule has 3 aromatic rings. The van der Waals surface area contributed by atoms with Gasteiger partial charge in [-0.2, -0.15) is 5.26 Å². The Morgan fingerprint density at radius 2 is 2.08 bits per heavy atom. The van der Waals surface area contributed by atoms with Gasteiger partial charge in [0, 0.05) is 12.6 Å². The summed E-state index contributed by atoms with van der Waals surface area (Å²) in [5.74, 6) is 0.0698. The highest BCUT2D eigenvalue weighted by molar-refractivity contribution is 6.29. The zero-order valence-corrected chi connectivity index (χ0v) is 13.8. The topological polar surface area (TPSA) is 87.9 Å². The normalized spacial score (nSPS) is 10.2. The third-order valence-corrected chi connectivity index (χ3v) is 3.82. The molecule has 7 heteroatoms. The number of amides is 1. The second kappa shape index (κ2) is 7.60. The van der Waals surface area contributed by atoms with Crippen LogP contribution >= 0.6 is 11.6 Å². The standard InChI is InChI=1S/C18H13ClN4O2/c19-16-9-17(23-11-22-16)25-18(24)21-8-7-15-13(10-20)6-5-12-3-1-2-4-14(12)15/h1-6,9,11H,7-8H2,(H,21,24). The molecule has 0 bridgehead atoms. The highest BCUT2D eigenvalue weighted by atomic mass is 35.5. The number of hydrogen-bond donors (Lipinski definition) is 1. The molecule has 1 aromatic heterocycles. The van der Waals surface area contributed by atoms with E-state index in [9.17, 15) is 10.1 Å². The molecule has 0 aliphatic rings. The fourth-order valence-electron chi connectivity index (χ4n) is 2.50. The van der Waals surface area contributed by atoms with Gasteiger partial charge in [0.15, 0.2) is 0 Å². The van der Waals surface area contributed by atoms with Gasteiger partial charge in [0.05, 0.1) is 11.6 Å². The van der Waals surface area contributed by atoms with Crippen LogP contribution in [0.3, 0.4) is 0 Å². The minimum absolute atomic E-state index is 0.0698. The number of benzene rings is 2. The van der Waals surface area contributed by atoms with E-state index in [0.29, 0.717) is 18.5 Å². The average Bonchev–Trinajstić information content (AvgIpc) is 2.61. The second-order valence-electron chi connectivity index (χ2n) is 5.17. The van der Waals surface area contributed by atoms with Gasteiger partial charge < -0.3 is 10.1 Å². The zero-order chi connectivity index (χ0) is 17.6. The van der Waals surface area contributed by atoms with E-state index < -0.39 is 6.09 Å². The molecular formula is C18H13ClN4O2. The van der Waals surface area contributed by atoms with Gasteiger partial charge in [0.1, 0.15) is 11.5 Å². The number of nitrogens with zero attached hydrogens (tertiary/aromatic N) is 3. The van der Waals surface area contributed by atoms with Crippen LogP contribution in [0, 0.1) is 11.3 Å². The van der Waals surface area contributed by atoms with Crippen molar-refractivity contribution in [3.8, 4) is 11.9 Å². The van der Waals surface area contributed by atoms with Crippen molar-refractivity contribution in [3.05, 3.63) is 65.1 Å². The van der Waals surface area contributed by atoms with Gasteiger partial charge in [-0.25, -0.2) is 14.8 Å². The molecule has 0 fully saturated rings. The average molecular weight is 353 g/mol. The van der Waals surface area contributed by atoms with Gasteiger partial charge in [-0.05, 0) is 28.8 Å². The highest BCUT2D eigenvalue weighted by Gasteiger charge is 2.10. The molecule has 1 heterocycles. The van der Waals surface area contributed by atoms with Crippen molar-refractivity contribution >= 4 is 28.5 Å². The fourth-order valence-corrected chi connectivity index (χ4v) is 2.64. The molecule has 6 nitrogen and oxygen atoms in total. The number of nitriles is 1. The van der Waals surface area contributed by atoms with Crippen LogP contribution in [0.1, 0.15) is 11.1 Å². The predicted molar refractivity (Wildman–Crippen MR) is 93.4 cm³/mol. The smallest absolute Gasteiger partial charge is 0.391 e. The van der Waals surface area contributed by atoms with Crippen molar-refractivity contribution in [2.45, 2.75) is 6.42 Å². The minimum Gasteiger partial charge on any atom is -0.391 e. The summed E-state index contributed by atoms with van der Waals surface area (Å²) >= 11 is 5.71. The third-order valence-electron chi connectivity index (χ3n) is 3.61. The molecule has 0 saturated carbocycles. The summed E-state index contributed by atoms with van der Waals surface area (Å²) in [6.07, 6.45) is 1.07. The maximum absolute atomic E-state index is 11.8. The minimum atomic E-state index is -0.645. The van der Waals surface area contributed by atoms with Crippen LogP contribution < -0.4 is 10.1 Å². The first-order valence-corrected chi connectivity index (χ1v) is 7.89. The van der Waals surface area contributed by atoms with Gasteiger partial charge >= 0.3 is 6.09 Å². The van der Waals surface area contributed by atoms with E-state index in [1.807, 2.05) is 30.3 Å². The van der Waals surface area contributed by atoms with Gasteiger partial charge in [-0.3, -0.25) is 0 Å². The number of halogens is 1. The lowest BCUT2D eigenvalue weighted by molar-refractivity contribution is 0.198. The Labute approximate surface area is 149 Å². The summed E-state index contributed by atoms with van der Waals surface area (Å²) in [7, 11) is 0. The molecule has 0 spiro atoms. The molecule has 3 rings (SSSR count). The van der Waals surface area contributed by atoms with E-state index >= 15 is 0 Å². The molecule has 124 valence electrons. The van der Waals surface area contributed by atoms with Crippen LogP contribution in [-0.2, 0) is 6.42 Å². The fraction of sp³-hybridized carbons (Fsp3) is 0.111. The number of rotatable bonds is 4. The van der Waals surface area contributed by atoms with Gasteiger partial charge in [-0.1, -0.05) is 41.9 Å². The number of fused-ring (bicyclic) bond motifs is 1. The van der Waals surface area contributed by atoms with E-state index in [-0.39, 0.29) is 11.0 Å². The number of aromatic nitrogens is 2. The van der Waals surface area contributed by atoms with Gasteiger partial charge in [0.25, 0.3) is 0 Å². The van der Waals surface area contributed by atoms with Crippen molar-refractivity contribution in [2.75, 3.05) is 6.54 Å². The molecule has 1 amide bonds.